The van der Waals surface area contributed by atoms with Crippen LogP contribution >= 0.6 is 11.6 Å². The summed E-state index contributed by atoms with van der Waals surface area (Å²) in [4.78, 5) is 17.4. The summed E-state index contributed by atoms with van der Waals surface area (Å²) in [5.74, 6) is 1.36. The molecule has 1 aliphatic heterocycles. The predicted molar refractivity (Wildman–Crippen MR) is 92.0 cm³/mol. The van der Waals surface area contributed by atoms with E-state index in [0.29, 0.717) is 22.7 Å². The Bertz CT molecular complexity index is 843. The number of anilines is 2. The maximum absolute atomic E-state index is 6.00. The third-order valence-corrected chi connectivity index (χ3v) is 4.26. The summed E-state index contributed by atoms with van der Waals surface area (Å²) >= 11 is 6.00. The number of halogens is 1. The minimum Gasteiger partial charge on any atom is -0.494 e. The van der Waals surface area contributed by atoms with Gasteiger partial charge in [-0.05, 0) is 18.2 Å². The van der Waals surface area contributed by atoms with Gasteiger partial charge in [0.25, 0.3) is 6.01 Å². The Hall–Kier alpha value is -2.54. The minimum atomic E-state index is 0.627. The molecule has 0 aliphatic carbocycles. The molecule has 0 atom stereocenters. The van der Waals surface area contributed by atoms with Crippen LogP contribution in [-0.4, -0.2) is 48.2 Å². The molecule has 1 aromatic carbocycles. The maximum Gasteiger partial charge on any atom is 0.298 e. The highest BCUT2D eigenvalue weighted by molar-refractivity contribution is 6.31. The van der Waals surface area contributed by atoms with E-state index in [0.717, 1.165) is 37.3 Å². The second-order valence-electron chi connectivity index (χ2n) is 5.51. The number of nitrogens with zero attached hydrogens (tertiary/aromatic N) is 5. The standard InChI is InChI=1S/C16H16ClN5O2/c1-23-12-9-18-15(19-10-12)21-4-6-22(7-5-21)16-20-13-8-11(17)2-3-14(13)24-16/h2-3,8-10H,4-7H2,1H3. The van der Waals surface area contributed by atoms with Crippen molar-refractivity contribution in [2.45, 2.75) is 0 Å². The lowest BCUT2D eigenvalue weighted by molar-refractivity contribution is 0.410. The molecule has 124 valence electrons. The quantitative estimate of drug-likeness (QED) is 0.722. The van der Waals surface area contributed by atoms with Gasteiger partial charge in [0.15, 0.2) is 11.3 Å². The topological polar surface area (TPSA) is 67.5 Å². The maximum atomic E-state index is 6.00. The number of rotatable bonds is 3. The number of oxazole rings is 1. The molecule has 7 nitrogen and oxygen atoms in total. The van der Waals surface area contributed by atoms with E-state index < -0.39 is 0 Å². The molecule has 3 heterocycles. The van der Waals surface area contributed by atoms with Crippen LogP contribution in [0, 0.1) is 0 Å². The molecule has 8 heteroatoms. The third-order valence-electron chi connectivity index (χ3n) is 4.02. The largest absolute Gasteiger partial charge is 0.494 e. The molecule has 4 rings (SSSR count). The SMILES string of the molecule is COc1cnc(N2CCN(c3nc4cc(Cl)ccc4o3)CC2)nc1. The lowest BCUT2D eigenvalue weighted by Gasteiger charge is -2.33. The Kier molecular flexibility index (Phi) is 3.86. The Balaban J connectivity index is 1.46. The van der Waals surface area contributed by atoms with Crippen molar-refractivity contribution in [3.8, 4) is 5.75 Å². The molecule has 0 bridgehead atoms. The predicted octanol–water partition coefficient (Wildman–Crippen LogP) is 2.61. The molecule has 1 saturated heterocycles. The Morgan fingerprint density at radius 2 is 1.79 bits per heavy atom. The van der Waals surface area contributed by atoms with Gasteiger partial charge in [0.05, 0.1) is 19.5 Å². The van der Waals surface area contributed by atoms with Crippen molar-refractivity contribution >= 4 is 34.7 Å². The van der Waals surface area contributed by atoms with Crippen LogP contribution in [0.5, 0.6) is 5.75 Å². The number of hydrogen-bond acceptors (Lipinski definition) is 7. The smallest absolute Gasteiger partial charge is 0.298 e. The van der Waals surface area contributed by atoms with Crippen molar-refractivity contribution in [3.63, 3.8) is 0 Å². The normalized spacial score (nSPS) is 15.1. The van der Waals surface area contributed by atoms with E-state index in [2.05, 4.69) is 24.8 Å². The average Bonchev–Trinajstić information content (AvgIpc) is 3.05. The van der Waals surface area contributed by atoms with Crippen LogP contribution in [0.2, 0.25) is 5.02 Å². The monoisotopic (exact) mass is 345 g/mol. The summed E-state index contributed by atoms with van der Waals surface area (Å²) in [6.07, 6.45) is 3.36. The van der Waals surface area contributed by atoms with Gasteiger partial charge in [0, 0.05) is 31.2 Å². The highest BCUT2D eigenvalue weighted by Crippen LogP contribution is 2.25. The summed E-state index contributed by atoms with van der Waals surface area (Å²) in [6.45, 7) is 3.17. The lowest BCUT2D eigenvalue weighted by Crippen LogP contribution is -2.47. The van der Waals surface area contributed by atoms with E-state index in [9.17, 15) is 0 Å². The molecule has 1 fully saturated rings. The Morgan fingerprint density at radius 1 is 1.08 bits per heavy atom. The minimum absolute atomic E-state index is 0.627. The molecule has 0 radical (unpaired) electrons. The zero-order chi connectivity index (χ0) is 16.5. The fourth-order valence-corrected chi connectivity index (χ4v) is 2.87. The van der Waals surface area contributed by atoms with Crippen molar-refractivity contribution < 1.29 is 9.15 Å². The number of benzene rings is 1. The average molecular weight is 346 g/mol. The van der Waals surface area contributed by atoms with Crippen LogP contribution in [0.25, 0.3) is 11.1 Å². The highest BCUT2D eigenvalue weighted by atomic mass is 35.5. The third kappa shape index (κ3) is 2.82. The first-order chi connectivity index (χ1) is 11.7. The summed E-state index contributed by atoms with van der Waals surface area (Å²) in [6, 6.07) is 6.08. The van der Waals surface area contributed by atoms with Crippen LogP contribution in [0.15, 0.2) is 35.0 Å². The summed E-state index contributed by atoms with van der Waals surface area (Å²) in [5, 5.41) is 0.656. The number of hydrogen-bond donors (Lipinski definition) is 0. The Morgan fingerprint density at radius 3 is 2.50 bits per heavy atom. The molecular weight excluding hydrogens is 330 g/mol. The van der Waals surface area contributed by atoms with Gasteiger partial charge in [0.2, 0.25) is 5.95 Å². The molecular formula is C16H16ClN5O2. The van der Waals surface area contributed by atoms with Gasteiger partial charge in [-0.15, -0.1) is 0 Å². The fraction of sp³-hybridized carbons (Fsp3) is 0.312. The molecule has 0 unspecified atom stereocenters. The van der Waals surface area contributed by atoms with Crippen molar-refractivity contribution in [2.24, 2.45) is 0 Å². The van der Waals surface area contributed by atoms with Gasteiger partial charge in [-0.25, -0.2) is 9.97 Å². The van der Waals surface area contributed by atoms with Gasteiger partial charge in [-0.2, -0.15) is 4.98 Å². The number of ether oxygens (including phenoxy) is 1. The van der Waals surface area contributed by atoms with Gasteiger partial charge in [0.1, 0.15) is 5.52 Å². The van der Waals surface area contributed by atoms with Crippen LogP contribution in [0.1, 0.15) is 0 Å². The molecule has 2 aromatic heterocycles. The van der Waals surface area contributed by atoms with E-state index >= 15 is 0 Å². The fourth-order valence-electron chi connectivity index (χ4n) is 2.70. The first-order valence-corrected chi connectivity index (χ1v) is 8.03. The molecule has 0 spiro atoms. The van der Waals surface area contributed by atoms with Crippen molar-refractivity contribution in [1.29, 1.82) is 0 Å². The number of methoxy groups -OCH3 is 1. The zero-order valence-corrected chi connectivity index (χ0v) is 13.9. The van der Waals surface area contributed by atoms with Crippen LogP contribution in [0.3, 0.4) is 0 Å². The van der Waals surface area contributed by atoms with Gasteiger partial charge >= 0.3 is 0 Å². The highest BCUT2D eigenvalue weighted by Gasteiger charge is 2.22. The molecule has 1 aliphatic rings. The summed E-state index contributed by atoms with van der Waals surface area (Å²) in [7, 11) is 1.60. The van der Waals surface area contributed by atoms with E-state index in [1.807, 2.05) is 12.1 Å². The molecule has 0 saturated carbocycles. The van der Waals surface area contributed by atoms with Gasteiger partial charge in [-0.3, -0.25) is 0 Å². The second-order valence-corrected chi connectivity index (χ2v) is 5.94. The van der Waals surface area contributed by atoms with Crippen molar-refractivity contribution in [1.82, 2.24) is 15.0 Å². The van der Waals surface area contributed by atoms with Crippen molar-refractivity contribution in [2.75, 3.05) is 43.1 Å². The second kappa shape index (κ2) is 6.16. The van der Waals surface area contributed by atoms with E-state index in [-0.39, 0.29) is 0 Å². The molecule has 0 amide bonds. The van der Waals surface area contributed by atoms with E-state index in [1.54, 1.807) is 25.6 Å². The van der Waals surface area contributed by atoms with Crippen LogP contribution in [-0.2, 0) is 0 Å². The van der Waals surface area contributed by atoms with Gasteiger partial charge in [-0.1, -0.05) is 11.6 Å². The van der Waals surface area contributed by atoms with E-state index in [4.69, 9.17) is 20.8 Å². The van der Waals surface area contributed by atoms with E-state index in [1.165, 1.54) is 0 Å². The Labute approximate surface area is 143 Å². The van der Waals surface area contributed by atoms with Crippen LogP contribution < -0.4 is 14.5 Å². The first-order valence-electron chi connectivity index (χ1n) is 7.65. The molecule has 24 heavy (non-hydrogen) atoms. The van der Waals surface area contributed by atoms with Crippen molar-refractivity contribution in [3.05, 3.63) is 35.6 Å². The summed E-state index contributed by atoms with van der Waals surface area (Å²) < 4.78 is 10.9. The van der Waals surface area contributed by atoms with Crippen LogP contribution in [0.4, 0.5) is 12.0 Å². The first kappa shape index (κ1) is 15.0. The van der Waals surface area contributed by atoms with Gasteiger partial charge < -0.3 is 19.0 Å². The number of piperazine rings is 1. The number of aromatic nitrogens is 3. The summed E-state index contributed by atoms with van der Waals surface area (Å²) in [5.41, 5.74) is 1.52. The number of fused-ring (bicyclic) bond motifs is 1. The molecule has 3 aromatic rings. The lowest BCUT2D eigenvalue weighted by atomic mass is 10.3. The zero-order valence-electron chi connectivity index (χ0n) is 13.1. The molecule has 0 N–H and O–H groups in total.